The van der Waals surface area contributed by atoms with Crippen molar-refractivity contribution in [1.29, 1.82) is 0 Å². The van der Waals surface area contributed by atoms with Crippen LogP contribution in [0.4, 0.5) is 0 Å². The Morgan fingerprint density at radius 2 is 1.81 bits per heavy atom. The van der Waals surface area contributed by atoms with Crippen LogP contribution in [-0.2, 0) is 19.1 Å². The van der Waals surface area contributed by atoms with Gasteiger partial charge in [-0.15, -0.1) is 0 Å². The van der Waals surface area contributed by atoms with Crippen molar-refractivity contribution in [3.63, 3.8) is 0 Å². The van der Waals surface area contributed by atoms with Crippen molar-refractivity contribution in [2.24, 2.45) is 4.99 Å². The highest BCUT2D eigenvalue weighted by atomic mass is 32.2. The lowest BCUT2D eigenvalue weighted by Gasteiger charge is -2.37. The molecular formula is C28H29N3O5S. The highest BCUT2D eigenvalue weighted by Crippen LogP contribution is 2.47. The summed E-state index contributed by atoms with van der Waals surface area (Å²) in [5.41, 5.74) is 3.52. The van der Waals surface area contributed by atoms with E-state index in [2.05, 4.69) is 0 Å². The van der Waals surface area contributed by atoms with Gasteiger partial charge in [-0.05, 0) is 30.0 Å². The summed E-state index contributed by atoms with van der Waals surface area (Å²) in [6.07, 6.45) is 0.204. The standard InChI is InChI=1S/C28H29N3O5S/c1-3-36-27(33)24-25(19-7-5-4-6-8-19)29-28-31(26(24)20-9-11-22(34-2)12-10-20)21(18-37-28)17-23(32)30-13-15-35-16-14-30/h4-12,18,26H,3,13-17H2,1-2H3/t26-/m0/s1. The maximum absolute atomic E-state index is 13.5. The summed E-state index contributed by atoms with van der Waals surface area (Å²) in [6.45, 7) is 4.27. The molecule has 3 aliphatic rings. The van der Waals surface area contributed by atoms with E-state index in [1.807, 2.05) is 69.8 Å². The molecule has 8 nitrogen and oxygen atoms in total. The first-order valence-electron chi connectivity index (χ1n) is 12.3. The van der Waals surface area contributed by atoms with Crippen LogP contribution in [-0.4, -0.2) is 66.9 Å². The number of esters is 1. The minimum atomic E-state index is -0.522. The molecule has 0 N–H and O–H groups in total. The van der Waals surface area contributed by atoms with E-state index in [0.29, 0.717) is 43.3 Å². The molecule has 2 aromatic rings. The van der Waals surface area contributed by atoms with Gasteiger partial charge in [0.05, 0.1) is 50.7 Å². The van der Waals surface area contributed by atoms with E-state index in [1.165, 1.54) is 11.8 Å². The highest BCUT2D eigenvalue weighted by molar-refractivity contribution is 8.16. The molecule has 0 aliphatic carbocycles. The number of ether oxygens (including phenoxy) is 3. The first-order valence-corrected chi connectivity index (χ1v) is 13.2. The van der Waals surface area contributed by atoms with Gasteiger partial charge in [-0.2, -0.15) is 0 Å². The maximum atomic E-state index is 13.5. The van der Waals surface area contributed by atoms with Crippen LogP contribution in [0.5, 0.6) is 5.75 Å². The van der Waals surface area contributed by atoms with E-state index in [4.69, 9.17) is 19.2 Å². The third-order valence-electron chi connectivity index (χ3n) is 6.48. The summed E-state index contributed by atoms with van der Waals surface area (Å²) in [7, 11) is 1.62. The van der Waals surface area contributed by atoms with Crippen LogP contribution in [0.3, 0.4) is 0 Å². The molecule has 0 aromatic heterocycles. The molecule has 1 saturated heterocycles. The van der Waals surface area contributed by atoms with Crippen molar-refractivity contribution >= 4 is 34.5 Å². The predicted molar refractivity (Wildman–Crippen MR) is 143 cm³/mol. The third-order valence-corrected chi connectivity index (χ3v) is 7.37. The molecule has 37 heavy (non-hydrogen) atoms. The van der Waals surface area contributed by atoms with Crippen molar-refractivity contribution in [3.05, 3.63) is 82.4 Å². The minimum Gasteiger partial charge on any atom is -0.497 e. The van der Waals surface area contributed by atoms with Crippen LogP contribution >= 0.6 is 11.8 Å². The summed E-state index contributed by atoms with van der Waals surface area (Å²) in [4.78, 5) is 35.5. The second kappa shape index (κ2) is 11.2. The number of fused-ring (bicyclic) bond motifs is 1. The second-order valence-electron chi connectivity index (χ2n) is 8.69. The van der Waals surface area contributed by atoms with E-state index in [9.17, 15) is 9.59 Å². The molecule has 1 fully saturated rings. The van der Waals surface area contributed by atoms with Crippen LogP contribution < -0.4 is 4.74 Å². The zero-order valence-corrected chi connectivity index (χ0v) is 21.7. The van der Waals surface area contributed by atoms with Crippen molar-refractivity contribution in [2.45, 2.75) is 19.4 Å². The van der Waals surface area contributed by atoms with Gasteiger partial charge in [-0.25, -0.2) is 9.79 Å². The maximum Gasteiger partial charge on any atom is 0.338 e. The lowest BCUT2D eigenvalue weighted by Crippen LogP contribution is -2.42. The van der Waals surface area contributed by atoms with Gasteiger partial charge in [0, 0.05) is 24.4 Å². The van der Waals surface area contributed by atoms with Gasteiger partial charge < -0.3 is 24.0 Å². The van der Waals surface area contributed by atoms with E-state index in [-0.39, 0.29) is 18.9 Å². The Morgan fingerprint density at radius 1 is 1.08 bits per heavy atom. The topological polar surface area (TPSA) is 80.7 Å². The molecular weight excluding hydrogens is 490 g/mol. The number of amides is 1. The fourth-order valence-electron chi connectivity index (χ4n) is 4.67. The zero-order valence-electron chi connectivity index (χ0n) is 20.9. The predicted octanol–water partition coefficient (Wildman–Crippen LogP) is 4.22. The van der Waals surface area contributed by atoms with Gasteiger partial charge in [0.2, 0.25) is 5.91 Å². The number of aliphatic imine (C=N–C) groups is 1. The normalized spacial score (nSPS) is 19.2. The first-order chi connectivity index (χ1) is 18.1. The lowest BCUT2D eigenvalue weighted by atomic mass is 9.91. The van der Waals surface area contributed by atoms with E-state index < -0.39 is 12.0 Å². The largest absolute Gasteiger partial charge is 0.497 e. The van der Waals surface area contributed by atoms with Gasteiger partial charge in [-0.3, -0.25) is 4.79 Å². The molecule has 0 bridgehead atoms. The molecule has 2 aromatic carbocycles. The summed E-state index contributed by atoms with van der Waals surface area (Å²) in [5.74, 6) is 0.314. The van der Waals surface area contributed by atoms with Gasteiger partial charge in [-0.1, -0.05) is 54.2 Å². The lowest BCUT2D eigenvalue weighted by molar-refractivity contribution is -0.139. The minimum absolute atomic E-state index is 0.0281. The number of carbonyl (C=O) groups is 2. The number of rotatable bonds is 7. The molecule has 3 heterocycles. The van der Waals surface area contributed by atoms with Crippen LogP contribution in [0.25, 0.3) is 5.70 Å². The van der Waals surface area contributed by atoms with Crippen LogP contribution in [0.15, 0.2) is 76.3 Å². The Morgan fingerprint density at radius 3 is 2.49 bits per heavy atom. The molecule has 0 radical (unpaired) electrons. The number of amidine groups is 1. The van der Waals surface area contributed by atoms with Crippen molar-refractivity contribution in [2.75, 3.05) is 40.0 Å². The molecule has 0 spiro atoms. The van der Waals surface area contributed by atoms with Crippen LogP contribution in [0.2, 0.25) is 0 Å². The molecule has 192 valence electrons. The number of nitrogens with zero attached hydrogens (tertiary/aromatic N) is 3. The zero-order chi connectivity index (χ0) is 25.8. The highest BCUT2D eigenvalue weighted by Gasteiger charge is 2.42. The smallest absolute Gasteiger partial charge is 0.338 e. The average molecular weight is 520 g/mol. The monoisotopic (exact) mass is 519 g/mol. The van der Waals surface area contributed by atoms with E-state index in [1.54, 1.807) is 14.0 Å². The summed E-state index contributed by atoms with van der Waals surface area (Å²) in [6, 6.07) is 16.8. The first kappa shape index (κ1) is 25.1. The molecule has 9 heteroatoms. The summed E-state index contributed by atoms with van der Waals surface area (Å²) < 4.78 is 16.3. The second-order valence-corrected chi connectivity index (χ2v) is 9.52. The Labute approximate surface area is 220 Å². The number of methoxy groups -OCH3 is 1. The van der Waals surface area contributed by atoms with Crippen molar-refractivity contribution < 1.29 is 23.8 Å². The third kappa shape index (κ3) is 5.14. The molecule has 3 aliphatic heterocycles. The van der Waals surface area contributed by atoms with Gasteiger partial charge in [0.1, 0.15) is 5.75 Å². The number of thioether (sulfide) groups is 1. The fraction of sp³-hybridized carbons (Fsp3) is 0.321. The summed E-state index contributed by atoms with van der Waals surface area (Å²) in [5, 5.41) is 2.68. The quantitative estimate of drug-likeness (QED) is 0.507. The van der Waals surface area contributed by atoms with Gasteiger partial charge in [0.25, 0.3) is 0 Å². The fourth-order valence-corrected chi connectivity index (χ4v) is 5.59. The molecule has 5 rings (SSSR count). The number of hydrogen-bond acceptors (Lipinski definition) is 8. The molecule has 1 amide bonds. The Hall–Kier alpha value is -3.56. The Bertz CT molecular complexity index is 1250. The molecule has 0 unspecified atom stereocenters. The number of benzene rings is 2. The number of morpholine rings is 1. The van der Waals surface area contributed by atoms with Crippen LogP contribution in [0.1, 0.15) is 30.5 Å². The van der Waals surface area contributed by atoms with E-state index >= 15 is 0 Å². The summed E-state index contributed by atoms with van der Waals surface area (Å²) >= 11 is 1.46. The molecule has 1 atom stereocenters. The van der Waals surface area contributed by atoms with Gasteiger partial charge in [0.15, 0.2) is 5.17 Å². The number of hydrogen-bond donors (Lipinski definition) is 0. The van der Waals surface area contributed by atoms with Crippen LogP contribution in [0, 0.1) is 0 Å². The Balaban J connectivity index is 1.60. The van der Waals surface area contributed by atoms with E-state index in [0.717, 1.165) is 22.0 Å². The average Bonchev–Trinajstić information content (AvgIpc) is 3.35. The van der Waals surface area contributed by atoms with Gasteiger partial charge >= 0.3 is 5.97 Å². The van der Waals surface area contributed by atoms with Crippen molar-refractivity contribution in [1.82, 2.24) is 9.80 Å². The number of carbonyl (C=O) groups excluding carboxylic acids is 2. The SMILES string of the molecule is CCOC(=O)C1=C(c2ccccc2)N=C2SC=C(CC(=O)N3CCOCC3)N2[C@H]1c1ccc(OC)cc1. The molecule has 0 saturated carbocycles. The van der Waals surface area contributed by atoms with Crippen molar-refractivity contribution in [3.8, 4) is 5.75 Å². The Kier molecular flexibility index (Phi) is 7.62.